The molecule has 3 nitrogen and oxygen atoms in total. The van der Waals surface area contributed by atoms with Crippen LogP contribution in [0.1, 0.15) is 18.4 Å². The second-order valence-electron chi connectivity index (χ2n) is 3.20. The summed E-state index contributed by atoms with van der Waals surface area (Å²) in [4.78, 5) is 0. The van der Waals surface area contributed by atoms with E-state index in [1.54, 1.807) is 24.3 Å². The lowest BCUT2D eigenvalue weighted by Gasteiger charge is -2.22. The fraction of sp³-hybridized carbons (Fsp3) is 0.400. The second-order valence-corrected chi connectivity index (χ2v) is 3.61. The second kappa shape index (κ2) is 4.75. The predicted octanol–water partition coefficient (Wildman–Crippen LogP) is 1.12. The molecule has 0 aliphatic carbocycles. The van der Waals surface area contributed by atoms with E-state index in [0.717, 1.165) is 0 Å². The Morgan fingerprint density at radius 2 is 1.71 bits per heavy atom. The molecule has 0 bridgehead atoms. The third-order valence-electron chi connectivity index (χ3n) is 2.11. The summed E-state index contributed by atoms with van der Waals surface area (Å²) in [5.74, 6) is -0.774. The van der Waals surface area contributed by atoms with E-state index in [1.165, 1.54) is 6.92 Å². The zero-order valence-electron chi connectivity index (χ0n) is 7.76. The Balaban J connectivity index is 3.05. The highest BCUT2D eigenvalue weighted by Gasteiger charge is 2.25. The molecule has 0 amide bonds. The van der Waals surface area contributed by atoms with Crippen molar-refractivity contribution < 1.29 is 15.3 Å². The van der Waals surface area contributed by atoms with Crippen LogP contribution in [0.3, 0.4) is 0 Å². The number of aliphatic hydroxyl groups excluding tert-OH is 2. The molecular formula is C10H13ClO3. The molecule has 2 atom stereocenters. The highest BCUT2D eigenvalue weighted by molar-refractivity contribution is 6.31. The minimum absolute atomic E-state index is 0.423. The van der Waals surface area contributed by atoms with Crippen LogP contribution in [0, 0.1) is 0 Å². The minimum Gasteiger partial charge on any atom is -0.393 e. The molecule has 78 valence electrons. The van der Waals surface area contributed by atoms with Gasteiger partial charge in [-0.1, -0.05) is 29.8 Å². The largest absolute Gasteiger partial charge is 0.393 e. The number of hydrogen-bond acceptors (Lipinski definition) is 3. The zero-order chi connectivity index (χ0) is 10.7. The van der Waals surface area contributed by atoms with Crippen molar-refractivity contribution in [1.82, 2.24) is 0 Å². The van der Waals surface area contributed by atoms with Crippen molar-refractivity contribution in [2.45, 2.75) is 25.2 Å². The maximum Gasteiger partial charge on any atom is 0.160 e. The summed E-state index contributed by atoms with van der Waals surface area (Å²) in [6.45, 7) is 1.49. The first kappa shape index (κ1) is 11.5. The summed E-state index contributed by atoms with van der Waals surface area (Å²) >= 11 is 5.87. The van der Waals surface area contributed by atoms with Gasteiger partial charge in [-0.05, 0) is 18.6 Å². The van der Waals surface area contributed by atoms with E-state index in [-0.39, 0.29) is 0 Å². The average Bonchev–Trinajstić information content (AvgIpc) is 2.07. The van der Waals surface area contributed by atoms with Gasteiger partial charge in [0.25, 0.3) is 0 Å². The van der Waals surface area contributed by atoms with Crippen LogP contribution in [0.2, 0.25) is 5.02 Å². The van der Waals surface area contributed by atoms with Crippen LogP contribution in [0.15, 0.2) is 24.3 Å². The third kappa shape index (κ3) is 2.45. The van der Waals surface area contributed by atoms with E-state index in [1.807, 2.05) is 0 Å². The maximum atomic E-state index is 9.38. The van der Waals surface area contributed by atoms with Crippen molar-refractivity contribution in [1.29, 1.82) is 0 Å². The first-order valence-electron chi connectivity index (χ1n) is 4.32. The molecule has 1 rings (SSSR count). The summed E-state index contributed by atoms with van der Waals surface area (Å²) in [6, 6.07) is 6.79. The van der Waals surface area contributed by atoms with Crippen LogP contribution < -0.4 is 0 Å². The van der Waals surface area contributed by atoms with Gasteiger partial charge in [0.05, 0.1) is 12.0 Å². The molecule has 0 saturated heterocycles. The van der Waals surface area contributed by atoms with Crippen LogP contribution in [-0.4, -0.2) is 27.7 Å². The Morgan fingerprint density at radius 3 is 2.14 bits per heavy atom. The van der Waals surface area contributed by atoms with Gasteiger partial charge in [0.2, 0.25) is 0 Å². The number of rotatable bonds is 3. The molecule has 0 radical (unpaired) electrons. The lowest BCUT2D eigenvalue weighted by molar-refractivity contribution is -0.0857. The summed E-state index contributed by atoms with van der Waals surface area (Å²) < 4.78 is 0. The number of halogens is 1. The molecule has 0 fully saturated rings. The van der Waals surface area contributed by atoms with Crippen LogP contribution >= 0.6 is 11.6 Å². The predicted molar refractivity (Wildman–Crippen MR) is 54.1 cm³/mol. The van der Waals surface area contributed by atoms with E-state index in [9.17, 15) is 5.11 Å². The Bertz CT molecular complexity index is 291. The van der Waals surface area contributed by atoms with Crippen LogP contribution in [0.25, 0.3) is 0 Å². The van der Waals surface area contributed by atoms with Gasteiger partial charge >= 0.3 is 0 Å². The SMILES string of the molecule is C[C@@H](O)[C@H](c1ccccc1Cl)C(O)O. The molecule has 0 saturated carbocycles. The average molecular weight is 217 g/mol. The zero-order valence-corrected chi connectivity index (χ0v) is 8.52. The Morgan fingerprint density at radius 1 is 1.14 bits per heavy atom. The molecule has 0 unspecified atom stereocenters. The van der Waals surface area contributed by atoms with Gasteiger partial charge in [0, 0.05) is 5.02 Å². The Hall–Kier alpha value is -0.610. The molecule has 0 aliphatic heterocycles. The number of aliphatic hydroxyl groups is 3. The molecule has 0 aromatic heterocycles. The topological polar surface area (TPSA) is 60.7 Å². The lowest BCUT2D eigenvalue weighted by Crippen LogP contribution is -2.27. The normalized spacial score (nSPS) is 15.6. The van der Waals surface area contributed by atoms with E-state index in [2.05, 4.69) is 0 Å². The van der Waals surface area contributed by atoms with Gasteiger partial charge in [-0.3, -0.25) is 0 Å². The van der Waals surface area contributed by atoms with Gasteiger partial charge in [-0.2, -0.15) is 0 Å². The quantitative estimate of drug-likeness (QED) is 0.664. The van der Waals surface area contributed by atoms with Crippen LogP contribution in [0.4, 0.5) is 0 Å². The fourth-order valence-corrected chi connectivity index (χ4v) is 1.68. The van der Waals surface area contributed by atoms with Gasteiger partial charge in [0.1, 0.15) is 0 Å². The first-order valence-corrected chi connectivity index (χ1v) is 4.70. The van der Waals surface area contributed by atoms with Crippen molar-refractivity contribution >= 4 is 11.6 Å². The monoisotopic (exact) mass is 216 g/mol. The maximum absolute atomic E-state index is 9.38. The molecule has 1 aromatic rings. The van der Waals surface area contributed by atoms with Crippen LogP contribution in [0.5, 0.6) is 0 Å². The summed E-state index contributed by atoms with van der Waals surface area (Å²) in [5, 5.41) is 28.0. The van der Waals surface area contributed by atoms with Crippen molar-refractivity contribution in [2.75, 3.05) is 0 Å². The van der Waals surface area contributed by atoms with Crippen molar-refractivity contribution in [3.8, 4) is 0 Å². The summed E-state index contributed by atoms with van der Waals surface area (Å²) in [5.41, 5.74) is 0.541. The van der Waals surface area contributed by atoms with Crippen molar-refractivity contribution in [3.05, 3.63) is 34.9 Å². The highest BCUT2D eigenvalue weighted by Crippen LogP contribution is 2.28. The smallest absolute Gasteiger partial charge is 0.160 e. The highest BCUT2D eigenvalue weighted by atomic mass is 35.5. The molecule has 0 aliphatic rings. The standard InChI is InChI=1S/C10H13ClO3/c1-6(12)9(10(13)14)7-4-2-3-5-8(7)11/h2-6,9-10,12-14H,1H3/t6-,9-/m1/s1. The summed E-state index contributed by atoms with van der Waals surface area (Å²) in [7, 11) is 0. The Labute approximate surface area is 87.6 Å². The van der Waals surface area contributed by atoms with E-state index < -0.39 is 18.3 Å². The summed E-state index contributed by atoms with van der Waals surface area (Å²) in [6.07, 6.45) is -2.48. The van der Waals surface area contributed by atoms with Crippen LogP contribution in [-0.2, 0) is 0 Å². The van der Waals surface area contributed by atoms with Crippen molar-refractivity contribution in [3.63, 3.8) is 0 Å². The molecule has 1 aromatic carbocycles. The van der Waals surface area contributed by atoms with Gasteiger partial charge in [0.15, 0.2) is 6.29 Å². The van der Waals surface area contributed by atoms with E-state index >= 15 is 0 Å². The molecule has 3 N–H and O–H groups in total. The first-order chi connectivity index (χ1) is 6.54. The van der Waals surface area contributed by atoms with E-state index in [4.69, 9.17) is 21.8 Å². The molecule has 0 heterocycles. The fourth-order valence-electron chi connectivity index (χ4n) is 1.42. The van der Waals surface area contributed by atoms with Crippen molar-refractivity contribution in [2.24, 2.45) is 0 Å². The number of hydrogen-bond donors (Lipinski definition) is 3. The molecule has 14 heavy (non-hydrogen) atoms. The van der Waals surface area contributed by atoms with E-state index in [0.29, 0.717) is 10.6 Å². The third-order valence-corrected chi connectivity index (χ3v) is 2.45. The van der Waals surface area contributed by atoms with Gasteiger partial charge in [-0.25, -0.2) is 0 Å². The lowest BCUT2D eigenvalue weighted by atomic mass is 9.93. The molecule has 4 heteroatoms. The molecular weight excluding hydrogens is 204 g/mol. The minimum atomic E-state index is -1.62. The van der Waals surface area contributed by atoms with Gasteiger partial charge < -0.3 is 15.3 Å². The van der Waals surface area contributed by atoms with Gasteiger partial charge in [-0.15, -0.1) is 0 Å². The number of benzene rings is 1. The Kier molecular flexibility index (Phi) is 3.89. The molecule has 0 spiro atoms.